The lowest BCUT2D eigenvalue weighted by Crippen LogP contribution is -2.49. The molecule has 1 fully saturated rings. The van der Waals surface area contributed by atoms with Gasteiger partial charge in [-0.15, -0.1) is 0 Å². The lowest BCUT2D eigenvalue weighted by molar-refractivity contribution is -0.144. The van der Waals surface area contributed by atoms with Crippen LogP contribution in [0.1, 0.15) is 36.8 Å². The number of carbonyl (C=O) groups is 2. The molecule has 0 saturated carbocycles. The van der Waals surface area contributed by atoms with E-state index >= 15 is 0 Å². The Balaban J connectivity index is 1.82. The monoisotopic (exact) mass is 396 g/mol. The van der Waals surface area contributed by atoms with Crippen molar-refractivity contribution in [3.05, 3.63) is 34.3 Å². The van der Waals surface area contributed by atoms with Gasteiger partial charge in [-0.3, -0.25) is 14.5 Å². The van der Waals surface area contributed by atoms with Gasteiger partial charge in [-0.2, -0.15) is 0 Å². The number of nitrogens with zero attached hydrogens (tertiary/aromatic N) is 1. The molecule has 1 saturated heterocycles. The van der Waals surface area contributed by atoms with Crippen molar-refractivity contribution in [2.24, 2.45) is 0 Å². The summed E-state index contributed by atoms with van der Waals surface area (Å²) in [6.07, 6.45) is 2.46. The normalized spacial score (nSPS) is 16.7. The summed E-state index contributed by atoms with van der Waals surface area (Å²) in [5, 5.41) is 4.15. The molecular formula is C20H29ClN2O4. The Hall–Kier alpha value is -1.63. The predicted octanol–water partition coefficient (Wildman–Crippen LogP) is 2.70. The smallest absolute Gasteiger partial charge is 0.322 e. The molecule has 1 N–H and O–H groups in total. The van der Waals surface area contributed by atoms with E-state index in [9.17, 15) is 9.59 Å². The second-order valence-corrected chi connectivity index (χ2v) is 7.40. The molecule has 6 nitrogen and oxygen atoms in total. The number of likely N-dealkylation sites (tertiary alicyclic amines) is 1. The third-order valence-corrected chi connectivity index (χ3v) is 5.43. The van der Waals surface area contributed by atoms with E-state index in [0.29, 0.717) is 6.42 Å². The highest BCUT2D eigenvalue weighted by Gasteiger charge is 2.26. The van der Waals surface area contributed by atoms with Crippen molar-refractivity contribution in [1.82, 2.24) is 10.2 Å². The zero-order valence-electron chi connectivity index (χ0n) is 16.3. The van der Waals surface area contributed by atoms with E-state index in [1.54, 1.807) is 0 Å². The first-order valence-corrected chi connectivity index (χ1v) is 9.68. The van der Waals surface area contributed by atoms with E-state index in [4.69, 9.17) is 16.3 Å². The average molecular weight is 397 g/mol. The molecule has 1 aliphatic heterocycles. The Kier molecular flexibility index (Phi) is 8.54. The van der Waals surface area contributed by atoms with Crippen molar-refractivity contribution in [2.45, 2.75) is 51.2 Å². The van der Waals surface area contributed by atoms with Crippen LogP contribution in [0.3, 0.4) is 0 Å². The molecule has 0 amide bonds. The van der Waals surface area contributed by atoms with Crippen LogP contribution in [0.4, 0.5) is 0 Å². The lowest BCUT2D eigenvalue weighted by atomic mass is 10.0. The molecule has 0 radical (unpaired) electrons. The number of aryl methyl sites for hydroxylation is 1. The van der Waals surface area contributed by atoms with Gasteiger partial charge in [-0.25, -0.2) is 0 Å². The van der Waals surface area contributed by atoms with Gasteiger partial charge in [0.2, 0.25) is 0 Å². The number of carbonyl (C=O) groups excluding carboxylic acids is 2. The second kappa shape index (κ2) is 10.6. The van der Waals surface area contributed by atoms with E-state index in [0.717, 1.165) is 43.1 Å². The molecule has 0 aromatic heterocycles. The Morgan fingerprint density at radius 2 is 1.96 bits per heavy atom. The number of hydrogen-bond acceptors (Lipinski definition) is 6. The SMILES string of the molecule is COC(=O)CCC(NC1CCN(Cc2ccc(Cl)c(C)c2)CC1)C(=O)OC. The van der Waals surface area contributed by atoms with Crippen molar-refractivity contribution < 1.29 is 19.1 Å². The number of methoxy groups -OCH3 is 2. The van der Waals surface area contributed by atoms with Crippen LogP contribution in [0.25, 0.3) is 0 Å². The first-order chi connectivity index (χ1) is 12.9. The number of halogens is 1. The fourth-order valence-corrected chi connectivity index (χ4v) is 3.50. The fraction of sp³-hybridized carbons (Fsp3) is 0.600. The fourth-order valence-electron chi connectivity index (χ4n) is 3.38. The van der Waals surface area contributed by atoms with Gasteiger partial charge in [-0.05, 0) is 56.5 Å². The number of piperidine rings is 1. The van der Waals surface area contributed by atoms with Crippen LogP contribution < -0.4 is 5.32 Å². The van der Waals surface area contributed by atoms with Crippen LogP contribution in [-0.2, 0) is 25.6 Å². The van der Waals surface area contributed by atoms with Crippen LogP contribution in [0.5, 0.6) is 0 Å². The number of nitrogens with one attached hydrogen (secondary N) is 1. The summed E-state index contributed by atoms with van der Waals surface area (Å²) in [4.78, 5) is 25.8. The minimum Gasteiger partial charge on any atom is -0.469 e. The first-order valence-electron chi connectivity index (χ1n) is 9.31. The van der Waals surface area contributed by atoms with Crippen molar-refractivity contribution in [2.75, 3.05) is 27.3 Å². The van der Waals surface area contributed by atoms with Gasteiger partial charge in [0, 0.05) is 24.0 Å². The summed E-state index contributed by atoms with van der Waals surface area (Å²) in [5.41, 5.74) is 2.35. The first kappa shape index (κ1) is 21.7. The molecule has 2 rings (SSSR count). The summed E-state index contributed by atoms with van der Waals surface area (Å²) < 4.78 is 9.52. The van der Waals surface area contributed by atoms with Crippen LogP contribution in [-0.4, -0.2) is 56.2 Å². The lowest BCUT2D eigenvalue weighted by Gasteiger charge is -2.34. The zero-order chi connectivity index (χ0) is 19.8. The molecule has 1 unspecified atom stereocenters. The summed E-state index contributed by atoms with van der Waals surface area (Å²) >= 11 is 6.09. The van der Waals surface area contributed by atoms with Crippen LogP contribution in [0.2, 0.25) is 5.02 Å². The Morgan fingerprint density at radius 3 is 2.56 bits per heavy atom. The molecule has 0 bridgehead atoms. The summed E-state index contributed by atoms with van der Waals surface area (Å²) in [6.45, 7) is 4.81. The molecule has 1 heterocycles. The highest BCUT2D eigenvalue weighted by Crippen LogP contribution is 2.20. The average Bonchev–Trinajstić information content (AvgIpc) is 2.68. The Labute approximate surface area is 166 Å². The summed E-state index contributed by atoms with van der Waals surface area (Å²) in [5.74, 6) is -0.656. The van der Waals surface area contributed by atoms with Crippen molar-refractivity contribution in [3.63, 3.8) is 0 Å². The Bertz CT molecular complexity index is 645. The topological polar surface area (TPSA) is 67.9 Å². The summed E-state index contributed by atoms with van der Waals surface area (Å²) in [6, 6.07) is 5.90. The Morgan fingerprint density at radius 1 is 1.26 bits per heavy atom. The molecule has 27 heavy (non-hydrogen) atoms. The van der Waals surface area contributed by atoms with E-state index in [2.05, 4.69) is 27.1 Å². The van der Waals surface area contributed by atoms with Crippen molar-refractivity contribution in [1.29, 1.82) is 0 Å². The third kappa shape index (κ3) is 6.79. The minimum absolute atomic E-state index is 0.192. The largest absolute Gasteiger partial charge is 0.469 e. The maximum atomic E-state index is 12.0. The highest BCUT2D eigenvalue weighted by atomic mass is 35.5. The minimum atomic E-state index is -0.482. The maximum Gasteiger partial charge on any atom is 0.322 e. The van der Waals surface area contributed by atoms with E-state index in [1.165, 1.54) is 19.8 Å². The number of ether oxygens (including phenoxy) is 2. The van der Waals surface area contributed by atoms with Gasteiger partial charge in [0.15, 0.2) is 0 Å². The van der Waals surface area contributed by atoms with E-state index in [-0.39, 0.29) is 24.4 Å². The highest BCUT2D eigenvalue weighted by molar-refractivity contribution is 6.31. The standard InChI is InChI=1S/C20H29ClN2O4/c1-14-12-15(4-5-17(14)21)13-23-10-8-16(9-11-23)22-18(20(25)27-3)6-7-19(24)26-2/h4-5,12,16,18,22H,6-11,13H2,1-3H3. The van der Waals surface area contributed by atoms with Gasteiger partial charge in [-0.1, -0.05) is 23.7 Å². The molecule has 1 aromatic rings. The molecule has 1 aromatic carbocycles. The molecular weight excluding hydrogens is 368 g/mol. The summed E-state index contributed by atoms with van der Waals surface area (Å²) in [7, 11) is 2.71. The van der Waals surface area contributed by atoms with E-state index in [1.807, 2.05) is 13.0 Å². The molecule has 0 aliphatic carbocycles. The van der Waals surface area contributed by atoms with Gasteiger partial charge in [0.1, 0.15) is 6.04 Å². The van der Waals surface area contributed by atoms with Crippen LogP contribution >= 0.6 is 11.6 Å². The number of rotatable bonds is 8. The third-order valence-electron chi connectivity index (χ3n) is 5.00. The predicted molar refractivity (Wildman–Crippen MR) is 105 cm³/mol. The van der Waals surface area contributed by atoms with Crippen LogP contribution in [0.15, 0.2) is 18.2 Å². The van der Waals surface area contributed by atoms with Gasteiger partial charge in [0.05, 0.1) is 14.2 Å². The van der Waals surface area contributed by atoms with E-state index < -0.39 is 6.04 Å². The number of benzene rings is 1. The van der Waals surface area contributed by atoms with Gasteiger partial charge in [0.25, 0.3) is 0 Å². The molecule has 150 valence electrons. The number of esters is 2. The quantitative estimate of drug-likeness (QED) is 0.681. The second-order valence-electron chi connectivity index (χ2n) is 6.99. The number of hydrogen-bond donors (Lipinski definition) is 1. The maximum absolute atomic E-state index is 12.0. The molecule has 0 spiro atoms. The molecule has 1 atom stereocenters. The van der Waals surface area contributed by atoms with Crippen molar-refractivity contribution >= 4 is 23.5 Å². The van der Waals surface area contributed by atoms with Crippen LogP contribution in [0, 0.1) is 6.92 Å². The van der Waals surface area contributed by atoms with Gasteiger partial charge >= 0.3 is 11.9 Å². The van der Waals surface area contributed by atoms with Gasteiger partial charge < -0.3 is 14.8 Å². The molecule has 1 aliphatic rings. The molecule has 7 heteroatoms. The zero-order valence-corrected chi connectivity index (χ0v) is 17.1. The van der Waals surface area contributed by atoms with Crippen molar-refractivity contribution in [3.8, 4) is 0 Å².